The van der Waals surface area contributed by atoms with Gasteiger partial charge in [0.05, 0.1) is 23.0 Å². The molecule has 2 amide bonds. The van der Waals surface area contributed by atoms with Gasteiger partial charge in [0, 0.05) is 30.4 Å². The number of hydrogen-bond acceptors (Lipinski definition) is 4. The van der Waals surface area contributed by atoms with E-state index in [0.717, 1.165) is 10.9 Å². The molecule has 0 saturated carbocycles. The Kier molecular flexibility index (Phi) is 4.28. The Labute approximate surface area is 173 Å². The number of nitrogens with zero attached hydrogens (tertiary/aromatic N) is 4. The molecule has 1 aromatic carbocycles. The summed E-state index contributed by atoms with van der Waals surface area (Å²) in [5.41, 5.74) is 2.10. The topological polar surface area (TPSA) is 80.1 Å². The molecule has 1 N–H and O–H groups in total. The molecule has 30 heavy (non-hydrogen) atoms. The Morgan fingerprint density at radius 3 is 2.80 bits per heavy atom. The summed E-state index contributed by atoms with van der Waals surface area (Å²) in [6, 6.07) is 16.8. The second kappa shape index (κ2) is 7.11. The molecule has 0 radical (unpaired) electrons. The van der Waals surface area contributed by atoms with Crippen LogP contribution in [0.5, 0.6) is 0 Å². The van der Waals surface area contributed by atoms with Crippen LogP contribution in [0.15, 0.2) is 73.2 Å². The summed E-state index contributed by atoms with van der Waals surface area (Å²) >= 11 is 0. The highest BCUT2D eigenvalue weighted by Crippen LogP contribution is 2.29. The standard InChI is InChI=1S/C23H19N5O2/c1-15-14-28(20-9-8-16-5-2-3-7-19(16)26-20)23(30)21-18(10-12-27(15)21)22(29)25-17-6-4-11-24-13-17/h2-13,15H,14H2,1H3,(H,25,29)/t15-/m0/s1. The fourth-order valence-corrected chi connectivity index (χ4v) is 3.82. The molecule has 3 aromatic heterocycles. The molecule has 0 spiro atoms. The van der Waals surface area contributed by atoms with Gasteiger partial charge in [-0.05, 0) is 43.3 Å². The van der Waals surface area contributed by atoms with Gasteiger partial charge in [-0.2, -0.15) is 0 Å². The number of carbonyl (C=O) groups is 2. The van der Waals surface area contributed by atoms with Crippen LogP contribution in [-0.2, 0) is 0 Å². The van der Waals surface area contributed by atoms with Crippen molar-refractivity contribution in [3.05, 3.63) is 84.4 Å². The van der Waals surface area contributed by atoms with Gasteiger partial charge in [0.2, 0.25) is 0 Å². The normalized spacial score (nSPS) is 15.8. The van der Waals surface area contributed by atoms with E-state index in [0.29, 0.717) is 29.3 Å². The largest absolute Gasteiger partial charge is 0.338 e. The van der Waals surface area contributed by atoms with E-state index in [9.17, 15) is 9.59 Å². The van der Waals surface area contributed by atoms with Crippen molar-refractivity contribution in [1.82, 2.24) is 14.5 Å². The maximum Gasteiger partial charge on any atom is 0.276 e. The van der Waals surface area contributed by atoms with Gasteiger partial charge in [-0.25, -0.2) is 4.98 Å². The van der Waals surface area contributed by atoms with E-state index in [-0.39, 0.29) is 17.9 Å². The zero-order chi connectivity index (χ0) is 20.7. The number of nitrogens with one attached hydrogen (secondary N) is 1. The van der Waals surface area contributed by atoms with Gasteiger partial charge < -0.3 is 9.88 Å². The van der Waals surface area contributed by atoms with Crippen molar-refractivity contribution in [2.24, 2.45) is 0 Å². The fraction of sp³-hybridized carbons (Fsp3) is 0.130. The van der Waals surface area contributed by atoms with Gasteiger partial charge in [0.1, 0.15) is 11.5 Å². The van der Waals surface area contributed by atoms with E-state index in [1.54, 1.807) is 41.7 Å². The zero-order valence-electron chi connectivity index (χ0n) is 16.3. The van der Waals surface area contributed by atoms with E-state index in [2.05, 4.69) is 15.3 Å². The van der Waals surface area contributed by atoms with E-state index in [1.807, 2.05) is 47.9 Å². The molecule has 0 fully saturated rings. The number of rotatable bonds is 3. The summed E-state index contributed by atoms with van der Waals surface area (Å²) in [5, 5.41) is 3.82. The lowest BCUT2D eigenvalue weighted by Crippen LogP contribution is -2.43. The summed E-state index contributed by atoms with van der Waals surface area (Å²) in [6.45, 7) is 2.50. The third kappa shape index (κ3) is 3.00. The quantitative estimate of drug-likeness (QED) is 0.568. The van der Waals surface area contributed by atoms with Crippen LogP contribution in [-0.4, -0.2) is 32.9 Å². The molecule has 5 rings (SSSR count). The predicted molar refractivity (Wildman–Crippen MR) is 115 cm³/mol. The molecule has 0 bridgehead atoms. The van der Waals surface area contributed by atoms with Gasteiger partial charge in [-0.1, -0.05) is 18.2 Å². The predicted octanol–water partition coefficient (Wildman–Crippen LogP) is 3.91. The van der Waals surface area contributed by atoms with Crippen LogP contribution in [0.25, 0.3) is 10.9 Å². The van der Waals surface area contributed by atoms with Crippen molar-refractivity contribution in [2.45, 2.75) is 13.0 Å². The Bertz CT molecular complexity index is 1270. The average Bonchev–Trinajstić information content (AvgIpc) is 3.23. The molecule has 1 atom stereocenters. The monoisotopic (exact) mass is 397 g/mol. The summed E-state index contributed by atoms with van der Waals surface area (Å²) in [4.78, 5) is 36.6. The number of pyridine rings is 2. The molecule has 0 unspecified atom stereocenters. The Morgan fingerprint density at radius 1 is 1.10 bits per heavy atom. The van der Waals surface area contributed by atoms with Crippen molar-refractivity contribution < 1.29 is 9.59 Å². The number of anilines is 2. The number of carbonyl (C=O) groups excluding carboxylic acids is 2. The maximum absolute atomic E-state index is 13.4. The second-order valence-corrected chi connectivity index (χ2v) is 7.31. The number of para-hydroxylation sites is 1. The van der Waals surface area contributed by atoms with Gasteiger partial charge in [-0.3, -0.25) is 19.5 Å². The minimum absolute atomic E-state index is 0.00547. The lowest BCUT2D eigenvalue weighted by atomic mass is 10.1. The molecule has 1 aliphatic rings. The van der Waals surface area contributed by atoms with E-state index < -0.39 is 0 Å². The van der Waals surface area contributed by atoms with Crippen LogP contribution in [0.1, 0.15) is 33.8 Å². The first-order valence-electron chi connectivity index (χ1n) is 9.71. The van der Waals surface area contributed by atoms with E-state index in [1.165, 1.54) is 0 Å². The van der Waals surface area contributed by atoms with Gasteiger partial charge in [0.25, 0.3) is 11.8 Å². The highest BCUT2D eigenvalue weighted by atomic mass is 16.2. The zero-order valence-corrected chi connectivity index (χ0v) is 16.3. The number of hydrogen-bond donors (Lipinski definition) is 1. The Balaban J connectivity index is 1.51. The van der Waals surface area contributed by atoms with Crippen LogP contribution in [0, 0.1) is 0 Å². The number of benzene rings is 1. The first-order chi connectivity index (χ1) is 14.6. The highest BCUT2D eigenvalue weighted by Gasteiger charge is 2.34. The van der Waals surface area contributed by atoms with Gasteiger partial charge in [-0.15, -0.1) is 0 Å². The van der Waals surface area contributed by atoms with Gasteiger partial charge in [0.15, 0.2) is 0 Å². The molecule has 7 nitrogen and oxygen atoms in total. The third-order valence-electron chi connectivity index (χ3n) is 5.31. The first kappa shape index (κ1) is 18.1. The Hall–Kier alpha value is -4.00. The molecule has 4 aromatic rings. The lowest BCUT2D eigenvalue weighted by Gasteiger charge is -2.32. The smallest absolute Gasteiger partial charge is 0.276 e. The molecular weight excluding hydrogens is 378 g/mol. The van der Waals surface area contributed by atoms with E-state index in [4.69, 9.17) is 0 Å². The van der Waals surface area contributed by atoms with Crippen molar-refractivity contribution in [3.8, 4) is 0 Å². The average molecular weight is 397 g/mol. The van der Waals surface area contributed by atoms with Crippen LogP contribution in [0.2, 0.25) is 0 Å². The summed E-state index contributed by atoms with van der Waals surface area (Å²) in [6.07, 6.45) is 4.99. The molecule has 0 aliphatic carbocycles. The molecule has 4 heterocycles. The molecule has 7 heteroatoms. The molecular formula is C23H19N5O2. The fourth-order valence-electron chi connectivity index (χ4n) is 3.82. The first-order valence-corrected chi connectivity index (χ1v) is 9.71. The number of amides is 2. The summed E-state index contributed by atoms with van der Waals surface area (Å²) in [7, 11) is 0. The van der Waals surface area contributed by atoms with Crippen molar-refractivity contribution >= 4 is 34.2 Å². The molecule has 1 aliphatic heterocycles. The molecule has 0 saturated heterocycles. The van der Waals surface area contributed by atoms with Crippen molar-refractivity contribution in [2.75, 3.05) is 16.8 Å². The van der Waals surface area contributed by atoms with E-state index >= 15 is 0 Å². The Morgan fingerprint density at radius 2 is 1.97 bits per heavy atom. The summed E-state index contributed by atoms with van der Waals surface area (Å²) in [5.74, 6) is -0.000504. The SMILES string of the molecule is C[C@H]1CN(c2ccc3ccccc3n2)C(=O)c2c(C(=O)Nc3cccnc3)ccn21. The maximum atomic E-state index is 13.4. The van der Waals surface area contributed by atoms with Crippen molar-refractivity contribution in [1.29, 1.82) is 0 Å². The van der Waals surface area contributed by atoms with Crippen LogP contribution >= 0.6 is 0 Å². The highest BCUT2D eigenvalue weighted by molar-refractivity contribution is 6.15. The number of fused-ring (bicyclic) bond motifs is 2. The number of aromatic nitrogens is 3. The second-order valence-electron chi connectivity index (χ2n) is 7.31. The van der Waals surface area contributed by atoms with Crippen LogP contribution < -0.4 is 10.2 Å². The summed E-state index contributed by atoms with van der Waals surface area (Å²) < 4.78 is 1.86. The molecule has 148 valence electrons. The van der Waals surface area contributed by atoms with Gasteiger partial charge >= 0.3 is 0 Å². The lowest BCUT2D eigenvalue weighted by molar-refractivity contribution is 0.0941. The van der Waals surface area contributed by atoms with Crippen LogP contribution in [0.4, 0.5) is 11.5 Å². The minimum Gasteiger partial charge on any atom is -0.338 e. The van der Waals surface area contributed by atoms with Crippen LogP contribution in [0.3, 0.4) is 0 Å². The third-order valence-corrected chi connectivity index (χ3v) is 5.31. The minimum atomic E-state index is -0.342. The van der Waals surface area contributed by atoms with Crippen molar-refractivity contribution in [3.63, 3.8) is 0 Å².